The maximum atomic E-state index is 11.9. The van der Waals surface area contributed by atoms with E-state index < -0.39 is 0 Å². The second kappa shape index (κ2) is 7.43. The van der Waals surface area contributed by atoms with Crippen LogP contribution >= 0.6 is 23.2 Å². The molecule has 7 heteroatoms. The molecule has 0 spiro atoms. The van der Waals surface area contributed by atoms with Gasteiger partial charge in [-0.25, -0.2) is 4.79 Å². The quantitative estimate of drug-likeness (QED) is 0.790. The van der Waals surface area contributed by atoms with E-state index in [1.807, 2.05) is 0 Å². The molecule has 0 unspecified atom stereocenters. The molecular weight excluding hydrogens is 289 g/mol. The lowest BCUT2D eigenvalue weighted by atomic mass is 10.4. The summed E-state index contributed by atoms with van der Waals surface area (Å²) in [5.74, 6) is 0. The zero-order valence-electron chi connectivity index (χ0n) is 10.7. The molecule has 2 amide bonds. The monoisotopic (exact) mass is 305 g/mol. The summed E-state index contributed by atoms with van der Waals surface area (Å²) < 4.78 is 1.70. The highest BCUT2D eigenvalue weighted by molar-refractivity contribution is 6.41. The van der Waals surface area contributed by atoms with Gasteiger partial charge in [-0.1, -0.05) is 29.3 Å². The van der Waals surface area contributed by atoms with Gasteiger partial charge in [-0.2, -0.15) is 0 Å². The predicted molar refractivity (Wildman–Crippen MR) is 76.5 cm³/mol. The fourth-order valence-corrected chi connectivity index (χ4v) is 2.00. The number of carbonyl (C=O) groups excluding carboxylic acids is 1. The third-order valence-electron chi connectivity index (χ3n) is 2.64. The van der Waals surface area contributed by atoms with Crippen molar-refractivity contribution in [1.82, 2.24) is 14.8 Å². The highest BCUT2D eigenvalue weighted by Crippen LogP contribution is 2.24. The van der Waals surface area contributed by atoms with Crippen LogP contribution < -0.4 is 5.32 Å². The number of hydrogen-bond acceptors (Lipinski definition) is 2. The minimum absolute atomic E-state index is 0.0942. The molecule has 1 aromatic rings. The number of carbonyl (C=O) groups is 1. The normalized spacial score (nSPS) is 10.3. The molecule has 0 fully saturated rings. The summed E-state index contributed by atoms with van der Waals surface area (Å²) >= 11 is 11.8. The summed E-state index contributed by atoms with van der Waals surface area (Å²) in [5.41, 5.74) is 0.797. The summed E-state index contributed by atoms with van der Waals surface area (Å²) in [4.78, 5) is 13.3. The molecule has 0 radical (unpaired) electrons. The Morgan fingerprint density at radius 1 is 1.63 bits per heavy atom. The van der Waals surface area contributed by atoms with Gasteiger partial charge in [0.15, 0.2) is 0 Å². The van der Waals surface area contributed by atoms with Crippen molar-refractivity contribution in [2.24, 2.45) is 7.05 Å². The molecule has 0 saturated carbocycles. The summed E-state index contributed by atoms with van der Waals surface area (Å²) in [7, 11) is 1.77. The molecule has 0 saturated heterocycles. The first-order chi connectivity index (χ1) is 9.01. The van der Waals surface area contributed by atoms with E-state index in [2.05, 4.69) is 11.9 Å². The number of hydrogen-bond donors (Lipinski definition) is 2. The Hall–Kier alpha value is -1.17. The number of nitrogens with one attached hydrogen (secondary N) is 1. The van der Waals surface area contributed by atoms with Gasteiger partial charge < -0.3 is 19.9 Å². The van der Waals surface area contributed by atoms with Gasteiger partial charge in [0.25, 0.3) is 0 Å². The highest BCUT2D eigenvalue weighted by atomic mass is 35.5. The predicted octanol–water partition coefficient (Wildman–Crippen LogP) is 2.02. The number of aromatic nitrogens is 1. The van der Waals surface area contributed by atoms with Gasteiger partial charge in [-0.3, -0.25) is 0 Å². The Bertz CT molecular complexity index is 460. The van der Waals surface area contributed by atoms with Crippen LogP contribution in [0.25, 0.3) is 0 Å². The molecule has 5 nitrogen and oxygen atoms in total. The molecule has 0 aliphatic carbocycles. The summed E-state index contributed by atoms with van der Waals surface area (Å²) in [6.45, 7) is 4.41. The standard InChI is InChI=1S/C12H17Cl2N3O2/c1-3-4-17(5-6-18)12(19)15-8-9-7-10(13)11(14)16(9)2/h3,7,18H,1,4-6,8H2,2H3,(H,15,19). The van der Waals surface area contributed by atoms with Gasteiger partial charge in [-0.15, -0.1) is 6.58 Å². The van der Waals surface area contributed by atoms with Crippen LogP contribution in [0.15, 0.2) is 18.7 Å². The minimum Gasteiger partial charge on any atom is -0.395 e. The van der Waals surface area contributed by atoms with Crippen molar-refractivity contribution >= 4 is 29.2 Å². The van der Waals surface area contributed by atoms with Gasteiger partial charge in [0.05, 0.1) is 18.2 Å². The Morgan fingerprint density at radius 2 is 2.32 bits per heavy atom. The van der Waals surface area contributed by atoms with Crippen LogP contribution in [0.2, 0.25) is 10.2 Å². The number of urea groups is 1. The SMILES string of the molecule is C=CCN(CCO)C(=O)NCc1cc(Cl)c(Cl)n1C. The van der Waals surface area contributed by atoms with E-state index in [0.717, 1.165) is 5.69 Å². The lowest BCUT2D eigenvalue weighted by Gasteiger charge is -2.20. The van der Waals surface area contributed by atoms with Crippen molar-refractivity contribution in [3.63, 3.8) is 0 Å². The first kappa shape index (κ1) is 15.9. The van der Waals surface area contributed by atoms with E-state index in [-0.39, 0.29) is 19.2 Å². The van der Waals surface area contributed by atoms with Crippen LogP contribution in [0.3, 0.4) is 0 Å². The Labute approximate surface area is 122 Å². The zero-order valence-corrected chi connectivity index (χ0v) is 12.2. The highest BCUT2D eigenvalue weighted by Gasteiger charge is 2.13. The fourth-order valence-electron chi connectivity index (χ4n) is 1.59. The molecule has 1 aromatic heterocycles. The van der Waals surface area contributed by atoms with Crippen molar-refractivity contribution in [1.29, 1.82) is 0 Å². The number of aliphatic hydroxyl groups is 1. The van der Waals surface area contributed by atoms with Crippen LogP contribution in [0.4, 0.5) is 4.79 Å². The summed E-state index contributed by atoms with van der Waals surface area (Å²) in [5, 5.41) is 12.5. The van der Waals surface area contributed by atoms with Crippen LogP contribution in [0.5, 0.6) is 0 Å². The van der Waals surface area contributed by atoms with Gasteiger partial charge in [-0.05, 0) is 6.07 Å². The number of nitrogens with zero attached hydrogens (tertiary/aromatic N) is 2. The maximum Gasteiger partial charge on any atom is 0.318 e. The van der Waals surface area contributed by atoms with Crippen molar-refractivity contribution < 1.29 is 9.90 Å². The molecule has 0 aliphatic rings. The van der Waals surface area contributed by atoms with Crippen LogP contribution in [0, 0.1) is 0 Å². The number of aliphatic hydroxyl groups excluding tert-OH is 1. The Kier molecular flexibility index (Phi) is 6.21. The van der Waals surface area contributed by atoms with E-state index in [4.69, 9.17) is 28.3 Å². The topological polar surface area (TPSA) is 57.5 Å². The van der Waals surface area contributed by atoms with Crippen molar-refractivity contribution in [3.05, 3.63) is 34.6 Å². The second-order valence-electron chi connectivity index (χ2n) is 3.95. The smallest absolute Gasteiger partial charge is 0.318 e. The average Bonchev–Trinajstić information content (AvgIpc) is 2.63. The van der Waals surface area contributed by atoms with Gasteiger partial charge in [0.2, 0.25) is 0 Å². The van der Waals surface area contributed by atoms with E-state index in [9.17, 15) is 4.79 Å². The largest absolute Gasteiger partial charge is 0.395 e. The minimum atomic E-state index is -0.276. The molecule has 1 rings (SSSR count). The second-order valence-corrected chi connectivity index (χ2v) is 4.72. The molecular formula is C12H17Cl2N3O2. The van der Waals surface area contributed by atoms with Crippen LogP contribution in [-0.2, 0) is 13.6 Å². The molecule has 19 heavy (non-hydrogen) atoms. The van der Waals surface area contributed by atoms with Crippen molar-refractivity contribution in [3.8, 4) is 0 Å². The lowest BCUT2D eigenvalue weighted by Crippen LogP contribution is -2.41. The number of amides is 2. The van der Waals surface area contributed by atoms with Gasteiger partial charge in [0.1, 0.15) is 5.15 Å². The average molecular weight is 306 g/mol. The first-order valence-electron chi connectivity index (χ1n) is 5.75. The molecule has 1 heterocycles. The number of rotatable bonds is 6. The molecule has 106 valence electrons. The first-order valence-corrected chi connectivity index (χ1v) is 6.51. The Balaban J connectivity index is 2.61. The third-order valence-corrected chi connectivity index (χ3v) is 3.49. The van der Waals surface area contributed by atoms with Gasteiger partial charge in [0, 0.05) is 25.8 Å². The van der Waals surface area contributed by atoms with Crippen LogP contribution in [0.1, 0.15) is 5.69 Å². The van der Waals surface area contributed by atoms with E-state index in [1.165, 1.54) is 4.90 Å². The zero-order chi connectivity index (χ0) is 14.4. The lowest BCUT2D eigenvalue weighted by molar-refractivity contribution is 0.183. The molecule has 0 aromatic carbocycles. The van der Waals surface area contributed by atoms with Crippen LogP contribution in [-0.4, -0.2) is 40.3 Å². The third kappa shape index (κ3) is 4.16. The summed E-state index contributed by atoms with van der Waals surface area (Å²) in [6, 6.07) is 1.43. The van der Waals surface area contributed by atoms with E-state index >= 15 is 0 Å². The molecule has 0 bridgehead atoms. The van der Waals surface area contributed by atoms with E-state index in [0.29, 0.717) is 23.3 Å². The van der Waals surface area contributed by atoms with E-state index in [1.54, 1.807) is 23.8 Å². The molecule has 0 atom stereocenters. The molecule has 2 N–H and O–H groups in total. The number of halogens is 2. The van der Waals surface area contributed by atoms with Crippen molar-refractivity contribution in [2.75, 3.05) is 19.7 Å². The van der Waals surface area contributed by atoms with Crippen molar-refractivity contribution in [2.45, 2.75) is 6.54 Å². The Morgan fingerprint density at radius 3 is 2.79 bits per heavy atom. The summed E-state index contributed by atoms with van der Waals surface area (Å²) in [6.07, 6.45) is 1.60. The molecule has 0 aliphatic heterocycles. The van der Waals surface area contributed by atoms with Gasteiger partial charge >= 0.3 is 6.03 Å². The fraction of sp³-hybridized carbons (Fsp3) is 0.417. The maximum absolute atomic E-state index is 11.9.